The lowest BCUT2D eigenvalue weighted by molar-refractivity contribution is -0.384. The number of benzene rings is 1. The standard InChI is InChI=1S/C8H3Cl3N2O2/c9-8(10,11)6-1-5(4-12)2-7(3-6)13(14)15/h1-3H. The lowest BCUT2D eigenvalue weighted by atomic mass is 10.1. The zero-order chi connectivity index (χ0) is 11.6. The molecule has 1 rings (SSSR count). The molecule has 0 aliphatic carbocycles. The van der Waals surface area contributed by atoms with E-state index in [1.165, 1.54) is 6.07 Å². The normalized spacial score (nSPS) is 10.8. The van der Waals surface area contributed by atoms with E-state index in [4.69, 9.17) is 40.1 Å². The number of nitriles is 1. The van der Waals surface area contributed by atoms with Crippen LogP contribution < -0.4 is 0 Å². The van der Waals surface area contributed by atoms with Gasteiger partial charge in [-0.25, -0.2) is 0 Å². The third-order valence-electron chi connectivity index (χ3n) is 1.59. The van der Waals surface area contributed by atoms with Gasteiger partial charge in [-0.05, 0) is 6.07 Å². The van der Waals surface area contributed by atoms with Crippen molar-refractivity contribution in [3.63, 3.8) is 0 Å². The average Bonchev–Trinajstić information content (AvgIpc) is 2.15. The molecule has 1 aromatic carbocycles. The molecule has 4 nitrogen and oxygen atoms in total. The molecule has 0 amide bonds. The Morgan fingerprint density at radius 1 is 1.33 bits per heavy atom. The predicted molar refractivity (Wildman–Crippen MR) is 57.0 cm³/mol. The Balaban J connectivity index is 3.38. The van der Waals surface area contributed by atoms with Crippen LogP contribution in [0.25, 0.3) is 0 Å². The topological polar surface area (TPSA) is 66.9 Å². The summed E-state index contributed by atoms with van der Waals surface area (Å²) < 4.78 is -1.78. The summed E-state index contributed by atoms with van der Waals surface area (Å²) in [5.41, 5.74) is -0.112. The van der Waals surface area contributed by atoms with Crippen molar-refractivity contribution in [1.82, 2.24) is 0 Å². The molecule has 7 heteroatoms. The number of non-ortho nitro benzene ring substituents is 1. The van der Waals surface area contributed by atoms with E-state index in [0.717, 1.165) is 12.1 Å². The van der Waals surface area contributed by atoms with Crippen molar-refractivity contribution in [2.45, 2.75) is 3.79 Å². The molecule has 15 heavy (non-hydrogen) atoms. The second-order valence-electron chi connectivity index (χ2n) is 2.64. The first kappa shape index (κ1) is 12.1. The quantitative estimate of drug-likeness (QED) is 0.444. The fraction of sp³-hybridized carbons (Fsp3) is 0.125. The second-order valence-corrected chi connectivity index (χ2v) is 4.92. The monoisotopic (exact) mass is 264 g/mol. The summed E-state index contributed by atoms with van der Waals surface area (Å²) in [6.45, 7) is 0. The first-order valence-electron chi connectivity index (χ1n) is 3.61. The molecular weight excluding hydrogens is 262 g/mol. The lowest BCUT2D eigenvalue weighted by Gasteiger charge is -2.10. The molecule has 78 valence electrons. The van der Waals surface area contributed by atoms with Crippen molar-refractivity contribution >= 4 is 40.5 Å². The summed E-state index contributed by atoms with van der Waals surface area (Å²) in [6, 6.07) is 5.28. The van der Waals surface area contributed by atoms with Gasteiger partial charge in [0.2, 0.25) is 3.79 Å². The minimum absolute atomic E-state index is 0.0746. The van der Waals surface area contributed by atoms with Gasteiger partial charge in [0.1, 0.15) is 0 Å². The zero-order valence-corrected chi connectivity index (χ0v) is 9.34. The zero-order valence-electron chi connectivity index (χ0n) is 7.08. The molecule has 1 aromatic rings. The van der Waals surface area contributed by atoms with E-state index in [1.807, 2.05) is 0 Å². The van der Waals surface area contributed by atoms with Gasteiger partial charge in [0, 0.05) is 17.7 Å². The highest BCUT2D eigenvalue weighted by Crippen LogP contribution is 2.39. The van der Waals surface area contributed by atoms with Crippen molar-refractivity contribution < 1.29 is 4.92 Å². The second kappa shape index (κ2) is 4.23. The van der Waals surface area contributed by atoms with Crippen molar-refractivity contribution in [3.05, 3.63) is 39.4 Å². The Hall–Kier alpha value is -1.02. The minimum Gasteiger partial charge on any atom is -0.258 e. The molecular formula is C8H3Cl3N2O2. The van der Waals surface area contributed by atoms with E-state index < -0.39 is 8.72 Å². The number of hydrogen-bond donors (Lipinski definition) is 0. The van der Waals surface area contributed by atoms with Crippen LogP contribution in [-0.4, -0.2) is 4.92 Å². The highest BCUT2D eigenvalue weighted by Gasteiger charge is 2.25. The predicted octanol–water partition coefficient (Wildman–Crippen LogP) is 3.29. The third-order valence-corrected chi connectivity index (χ3v) is 2.24. The molecule has 0 aliphatic rings. The Kier molecular flexibility index (Phi) is 3.40. The first-order valence-corrected chi connectivity index (χ1v) is 4.75. The molecule has 0 saturated carbocycles. The van der Waals surface area contributed by atoms with Crippen molar-refractivity contribution in [2.75, 3.05) is 0 Å². The van der Waals surface area contributed by atoms with Gasteiger partial charge >= 0.3 is 0 Å². The van der Waals surface area contributed by atoms with Gasteiger partial charge in [-0.15, -0.1) is 0 Å². The summed E-state index contributed by atoms with van der Waals surface area (Å²) in [7, 11) is 0. The summed E-state index contributed by atoms with van der Waals surface area (Å²) in [4.78, 5) is 9.86. The summed E-state index contributed by atoms with van der Waals surface area (Å²) in [5, 5.41) is 19.1. The first-order chi connectivity index (χ1) is 6.84. The average molecular weight is 265 g/mol. The molecule has 0 unspecified atom stereocenters. The maximum absolute atomic E-state index is 10.5. The van der Waals surface area contributed by atoms with Crippen LogP contribution in [0.15, 0.2) is 18.2 Å². The van der Waals surface area contributed by atoms with Crippen LogP contribution >= 0.6 is 34.8 Å². The molecule has 0 N–H and O–H groups in total. The van der Waals surface area contributed by atoms with Gasteiger partial charge in [-0.3, -0.25) is 10.1 Å². The van der Waals surface area contributed by atoms with E-state index in [9.17, 15) is 10.1 Å². The summed E-state index contributed by atoms with van der Waals surface area (Å²) >= 11 is 16.7. The summed E-state index contributed by atoms with van der Waals surface area (Å²) in [5.74, 6) is 0. The highest BCUT2D eigenvalue weighted by atomic mass is 35.6. The molecule has 0 spiro atoms. The Morgan fingerprint density at radius 3 is 2.33 bits per heavy atom. The maximum atomic E-state index is 10.5. The molecule has 0 atom stereocenters. The van der Waals surface area contributed by atoms with Crippen molar-refractivity contribution in [2.24, 2.45) is 0 Å². The Labute approximate surface area is 100 Å². The van der Waals surface area contributed by atoms with Gasteiger partial charge in [0.05, 0.1) is 16.6 Å². The number of nitro groups is 1. The third kappa shape index (κ3) is 2.96. The fourth-order valence-corrected chi connectivity index (χ4v) is 1.27. The van der Waals surface area contributed by atoms with Crippen LogP contribution in [0.3, 0.4) is 0 Å². The Bertz CT molecular complexity index is 448. The van der Waals surface area contributed by atoms with Gasteiger partial charge in [0.25, 0.3) is 5.69 Å². The lowest BCUT2D eigenvalue weighted by Crippen LogP contribution is -2.02. The van der Waals surface area contributed by atoms with Gasteiger partial charge < -0.3 is 0 Å². The highest BCUT2D eigenvalue weighted by molar-refractivity contribution is 6.66. The van der Waals surface area contributed by atoms with Crippen LogP contribution in [0.4, 0.5) is 5.69 Å². The molecule has 0 saturated heterocycles. The molecule has 0 fully saturated rings. The van der Waals surface area contributed by atoms with Crippen LogP contribution in [0.5, 0.6) is 0 Å². The van der Waals surface area contributed by atoms with Crippen LogP contribution in [0.2, 0.25) is 0 Å². The number of halogens is 3. The van der Waals surface area contributed by atoms with E-state index in [-0.39, 0.29) is 16.8 Å². The van der Waals surface area contributed by atoms with Crippen molar-refractivity contribution in [3.8, 4) is 6.07 Å². The van der Waals surface area contributed by atoms with Crippen molar-refractivity contribution in [1.29, 1.82) is 5.26 Å². The van der Waals surface area contributed by atoms with Gasteiger partial charge in [-0.1, -0.05) is 34.8 Å². The van der Waals surface area contributed by atoms with Gasteiger partial charge in [0.15, 0.2) is 0 Å². The Morgan fingerprint density at radius 2 is 1.93 bits per heavy atom. The molecule has 0 bridgehead atoms. The van der Waals surface area contributed by atoms with Crippen LogP contribution in [0, 0.1) is 21.4 Å². The largest absolute Gasteiger partial charge is 0.271 e. The van der Waals surface area contributed by atoms with Crippen LogP contribution in [-0.2, 0) is 3.79 Å². The number of nitro benzene ring substituents is 1. The number of nitrogens with zero attached hydrogens (tertiary/aromatic N) is 2. The minimum atomic E-state index is -1.78. The fourth-order valence-electron chi connectivity index (χ4n) is 0.945. The molecule has 0 aromatic heterocycles. The van der Waals surface area contributed by atoms with E-state index in [0.29, 0.717) is 0 Å². The molecule has 0 aliphatic heterocycles. The number of hydrogen-bond acceptors (Lipinski definition) is 3. The van der Waals surface area contributed by atoms with E-state index in [1.54, 1.807) is 6.07 Å². The number of alkyl halides is 3. The smallest absolute Gasteiger partial charge is 0.258 e. The SMILES string of the molecule is N#Cc1cc([N+](=O)[O-])cc(C(Cl)(Cl)Cl)c1. The van der Waals surface area contributed by atoms with Gasteiger partial charge in [-0.2, -0.15) is 5.26 Å². The summed E-state index contributed by atoms with van der Waals surface area (Å²) in [6.07, 6.45) is 0. The van der Waals surface area contributed by atoms with Crippen LogP contribution in [0.1, 0.15) is 11.1 Å². The number of rotatable bonds is 1. The van der Waals surface area contributed by atoms with E-state index >= 15 is 0 Å². The maximum Gasteiger partial charge on any atom is 0.271 e. The molecule has 0 heterocycles. The molecule has 0 radical (unpaired) electrons. The van der Waals surface area contributed by atoms with E-state index in [2.05, 4.69) is 0 Å².